The highest BCUT2D eigenvalue weighted by Crippen LogP contribution is 2.27. The molecule has 2 heterocycles. The van der Waals surface area contributed by atoms with Gasteiger partial charge in [0.15, 0.2) is 5.69 Å². The van der Waals surface area contributed by atoms with Crippen LogP contribution in [0.3, 0.4) is 0 Å². The van der Waals surface area contributed by atoms with Gasteiger partial charge >= 0.3 is 6.03 Å². The summed E-state index contributed by atoms with van der Waals surface area (Å²) >= 11 is 0. The molecule has 1 aliphatic rings. The number of fused-ring (bicyclic) bond motifs is 2. The van der Waals surface area contributed by atoms with E-state index in [4.69, 9.17) is 0 Å². The molecular weight excluding hydrogens is 300 g/mol. The lowest BCUT2D eigenvalue weighted by Gasteiger charge is -2.13. The molecule has 0 saturated heterocycles. The molecule has 0 N–H and O–H groups in total. The van der Waals surface area contributed by atoms with Crippen LogP contribution in [0.1, 0.15) is 5.69 Å². The lowest BCUT2D eigenvalue weighted by atomic mass is 10.1. The molecule has 0 atom stereocenters. The maximum absolute atomic E-state index is 13.0. The maximum Gasteiger partial charge on any atom is 0.508 e. The van der Waals surface area contributed by atoms with Gasteiger partial charge in [-0.1, -0.05) is 56.0 Å². The standard InChI is InChI=1S/C19H19N2OSi/c1-23(2,3)18-12-11-15-13-20(19(22)21(15)18)17-10-6-8-14-7-4-5-9-16(14)17/h4-13H,1-3H3/q+1. The molecule has 0 radical (unpaired) electrons. The highest BCUT2D eigenvalue weighted by Gasteiger charge is 2.38. The van der Waals surface area contributed by atoms with Crippen molar-refractivity contribution < 1.29 is 9.37 Å². The van der Waals surface area contributed by atoms with E-state index in [-0.39, 0.29) is 6.03 Å². The van der Waals surface area contributed by atoms with E-state index < -0.39 is 8.07 Å². The van der Waals surface area contributed by atoms with Gasteiger partial charge in [-0.05, 0) is 23.6 Å². The average molecular weight is 319 g/mol. The Morgan fingerprint density at radius 2 is 1.65 bits per heavy atom. The smallest absolute Gasteiger partial charge is 0.196 e. The van der Waals surface area contributed by atoms with Crippen molar-refractivity contribution in [2.75, 3.05) is 0 Å². The van der Waals surface area contributed by atoms with Crippen molar-refractivity contribution in [2.45, 2.75) is 19.6 Å². The summed E-state index contributed by atoms with van der Waals surface area (Å²) in [5, 5.41) is 3.42. The minimum Gasteiger partial charge on any atom is -0.196 e. The van der Waals surface area contributed by atoms with Gasteiger partial charge in [-0.15, -0.1) is 0 Å². The summed E-state index contributed by atoms with van der Waals surface area (Å²) in [6.45, 7) is 6.80. The van der Waals surface area contributed by atoms with E-state index in [1.54, 1.807) is 4.58 Å². The van der Waals surface area contributed by atoms with Crippen LogP contribution in [0, 0.1) is 0 Å². The Morgan fingerprint density at radius 1 is 0.913 bits per heavy atom. The van der Waals surface area contributed by atoms with Crippen LogP contribution in [0.25, 0.3) is 10.8 Å². The van der Waals surface area contributed by atoms with Crippen LogP contribution in [-0.2, 0) is 0 Å². The predicted molar refractivity (Wildman–Crippen MR) is 97.2 cm³/mol. The van der Waals surface area contributed by atoms with Gasteiger partial charge in [0.1, 0.15) is 20.0 Å². The van der Waals surface area contributed by atoms with Crippen LogP contribution >= 0.6 is 0 Å². The number of hydrogen-bond donors (Lipinski definition) is 0. The summed E-state index contributed by atoms with van der Waals surface area (Å²) in [4.78, 5) is 13.0. The van der Waals surface area contributed by atoms with E-state index in [0.717, 1.165) is 22.2 Å². The lowest BCUT2D eigenvalue weighted by Crippen LogP contribution is -2.45. The molecule has 0 spiro atoms. The fraction of sp³-hybridized carbons (Fsp3) is 0.158. The third-order valence-corrected chi connectivity index (χ3v) is 6.29. The van der Waals surface area contributed by atoms with Gasteiger partial charge in [0, 0.05) is 5.39 Å². The number of carbonyl (C=O) groups excluding carboxylic acids is 1. The van der Waals surface area contributed by atoms with Gasteiger partial charge in [0.2, 0.25) is 0 Å². The van der Waals surface area contributed by atoms with Crippen LogP contribution in [0.4, 0.5) is 10.5 Å². The van der Waals surface area contributed by atoms with Crippen molar-refractivity contribution in [2.24, 2.45) is 0 Å². The molecule has 4 heteroatoms. The molecule has 114 valence electrons. The predicted octanol–water partition coefficient (Wildman–Crippen LogP) is 3.93. The topological polar surface area (TPSA) is 25.0 Å². The molecule has 2 aromatic carbocycles. The highest BCUT2D eigenvalue weighted by atomic mass is 28.3. The van der Waals surface area contributed by atoms with E-state index in [1.165, 1.54) is 5.32 Å². The van der Waals surface area contributed by atoms with Crippen molar-refractivity contribution in [1.29, 1.82) is 0 Å². The third kappa shape index (κ3) is 2.10. The number of nitrogens with zero attached hydrogens (tertiary/aromatic N) is 2. The molecule has 1 amide bonds. The average Bonchev–Trinajstić information content (AvgIpc) is 3.07. The molecule has 3 nitrogen and oxygen atoms in total. The number of benzene rings is 2. The molecule has 1 aromatic heterocycles. The molecule has 4 rings (SSSR count). The number of carbonyl (C=O) groups is 1. The largest absolute Gasteiger partial charge is 0.508 e. The van der Waals surface area contributed by atoms with Gasteiger partial charge in [0.05, 0.1) is 5.32 Å². The SMILES string of the molecule is C[Si](C)(C)c1ccc2n1C(=O)[N+](c1cccc3ccccc13)=C2. The van der Waals surface area contributed by atoms with Crippen LogP contribution < -0.4 is 5.32 Å². The first kappa shape index (κ1) is 14.1. The zero-order valence-electron chi connectivity index (χ0n) is 13.6. The normalized spacial score (nSPS) is 14.2. The summed E-state index contributed by atoms with van der Waals surface area (Å²) in [5.74, 6) is 0. The van der Waals surface area contributed by atoms with Crippen molar-refractivity contribution in [1.82, 2.24) is 4.57 Å². The van der Waals surface area contributed by atoms with Gasteiger partial charge in [0.25, 0.3) is 0 Å². The number of amides is 1. The molecule has 0 fully saturated rings. The number of aromatic nitrogens is 1. The molecule has 0 saturated carbocycles. The van der Waals surface area contributed by atoms with Crippen molar-refractivity contribution in [3.05, 3.63) is 60.3 Å². The van der Waals surface area contributed by atoms with E-state index in [9.17, 15) is 4.79 Å². The molecule has 0 bridgehead atoms. The van der Waals surface area contributed by atoms with Crippen LogP contribution in [0.5, 0.6) is 0 Å². The summed E-state index contributed by atoms with van der Waals surface area (Å²) in [6, 6.07) is 18.5. The summed E-state index contributed by atoms with van der Waals surface area (Å²) in [6.07, 6.45) is 1.95. The van der Waals surface area contributed by atoms with Gasteiger partial charge in [-0.25, -0.2) is 0 Å². The molecule has 0 unspecified atom stereocenters. The summed E-state index contributed by atoms with van der Waals surface area (Å²) in [5.41, 5.74) is 1.92. The van der Waals surface area contributed by atoms with Gasteiger partial charge in [-0.3, -0.25) is 0 Å². The molecule has 23 heavy (non-hydrogen) atoms. The molecule has 3 aromatic rings. The van der Waals surface area contributed by atoms with Gasteiger partial charge in [-0.2, -0.15) is 13.9 Å². The molecule has 0 aliphatic carbocycles. The van der Waals surface area contributed by atoms with E-state index in [0.29, 0.717) is 0 Å². The number of hydrogen-bond acceptors (Lipinski definition) is 1. The second-order valence-electron chi connectivity index (χ2n) is 7.01. The second-order valence-corrected chi connectivity index (χ2v) is 12.0. The van der Waals surface area contributed by atoms with E-state index in [2.05, 4.69) is 50.0 Å². The van der Waals surface area contributed by atoms with E-state index >= 15 is 0 Å². The first-order chi connectivity index (χ1) is 11.0. The van der Waals surface area contributed by atoms with Crippen molar-refractivity contribution in [3.63, 3.8) is 0 Å². The maximum atomic E-state index is 13.0. The minimum atomic E-state index is -1.57. The van der Waals surface area contributed by atoms with Crippen LogP contribution in [0.2, 0.25) is 19.6 Å². The third-order valence-electron chi connectivity index (χ3n) is 4.36. The minimum absolute atomic E-state index is 0.0266. The Bertz CT molecular complexity index is 971. The summed E-state index contributed by atoms with van der Waals surface area (Å²) in [7, 11) is -1.57. The first-order valence-electron chi connectivity index (χ1n) is 7.85. The monoisotopic (exact) mass is 319 g/mol. The van der Waals surface area contributed by atoms with Crippen LogP contribution in [-0.4, -0.2) is 29.5 Å². The zero-order chi connectivity index (χ0) is 16.2. The van der Waals surface area contributed by atoms with Crippen LogP contribution in [0.15, 0.2) is 54.6 Å². The molecule has 1 aliphatic heterocycles. The number of rotatable bonds is 2. The fourth-order valence-electron chi connectivity index (χ4n) is 3.24. The van der Waals surface area contributed by atoms with Crippen molar-refractivity contribution in [3.8, 4) is 0 Å². The van der Waals surface area contributed by atoms with Gasteiger partial charge < -0.3 is 0 Å². The quantitative estimate of drug-likeness (QED) is 0.519. The lowest BCUT2D eigenvalue weighted by molar-refractivity contribution is -0.319. The molecular formula is C19H19N2OSi+. The zero-order valence-corrected chi connectivity index (χ0v) is 14.6. The fourth-order valence-corrected chi connectivity index (χ4v) is 4.72. The van der Waals surface area contributed by atoms with Crippen molar-refractivity contribution >= 4 is 42.1 Å². The Morgan fingerprint density at radius 3 is 2.43 bits per heavy atom. The second kappa shape index (κ2) is 4.76. The Hall–Kier alpha value is -2.46. The summed E-state index contributed by atoms with van der Waals surface area (Å²) < 4.78 is 3.66. The Balaban J connectivity index is 1.89. The Labute approximate surface area is 136 Å². The van der Waals surface area contributed by atoms with E-state index in [1.807, 2.05) is 35.0 Å². The highest BCUT2D eigenvalue weighted by molar-refractivity contribution is 6.88. The first-order valence-corrected chi connectivity index (χ1v) is 11.4. The Kier molecular flexibility index (Phi) is 2.93.